The Morgan fingerprint density at radius 1 is 1.00 bits per heavy atom. The Morgan fingerprint density at radius 3 is 2.11 bits per heavy atom. The smallest absolute Gasteiger partial charge is 0.416 e. The van der Waals surface area contributed by atoms with Gasteiger partial charge in [0.15, 0.2) is 0 Å². The number of methoxy groups -OCH3 is 1. The van der Waals surface area contributed by atoms with Gasteiger partial charge in [-0.2, -0.15) is 26.3 Å². The molecule has 0 N–H and O–H groups in total. The quantitative estimate of drug-likeness (QED) is 0.256. The fourth-order valence-corrected chi connectivity index (χ4v) is 7.38. The van der Waals surface area contributed by atoms with Gasteiger partial charge in [-0.15, -0.1) is 0 Å². The molecule has 2 amide bonds. The second-order valence-electron chi connectivity index (χ2n) is 12.7. The largest absolute Gasteiger partial charge is 0.469 e. The lowest BCUT2D eigenvalue weighted by Gasteiger charge is -2.69. The topological polar surface area (TPSA) is 53.1 Å². The van der Waals surface area contributed by atoms with Crippen molar-refractivity contribution in [3.8, 4) is 0 Å². The molecular weight excluding hydrogens is 595 g/mol. The SMILES string of the molecule is COC(=O)C12CC(CN3CCN(C(=O)N(C)C(C)c4cc(C(F)(F)F)cc(C(F)(F)F)c4)[C@@H](c4ccc(F)cc4C)C3)(C1)C2. The monoisotopic (exact) mass is 629 g/mol. The Hall–Kier alpha value is -3.35. The van der Waals surface area contributed by atoms with Gasteiger partial charge in [-0.25, -0.2) is 9.18 Å². The van der Waals surface area contributed by atoms with E-state index in [1.54, 1.807) is 17.9 Å². The summed E-state index contributed by atoms with van der Waals surface area (Å²) in [5, 5.41) is 0. The maximum Gasteiger partial charge on any atom is 0.416 e. The van der Waals surface area contributed by atoms with Gasteiger partial charge >= 0.3 is 24.4 Å². The van der Waals surface area contributed by atoms with Crippen molar-refractivity contribution in [1.82, 2.24) is 14.7 Å². The van der Waals surface area contributed by atoms with Gasteiger partial charge in [0.25, 0.3) is 0 Å². The molecule has 1 heterocycles. The molecule has 1 saturated heterocycles. The molecule has 1 unspecified atom stereocenters. The van der Waals surface area contributed by atoms with E-state index in [0.717, 1.165) is 24.2 Å². The van der Waals surface area contributed by atoms with E-state index in [1.807, 2.05) is 0 Å². The minimum absolute atomic E-state index is 0.0201. The molecule has 2 aromatic rings. The van der Waals surface area contributed by atoms with Crippen LogP contribution in [0.15, 0.2) is 36.4 Å². The minimum Gasteiger partial charge on any atom is -0.469 e. The Morgan fingerprint density at radius 2 is 1.59 bits per heavy atom. The van der Waals surface area contributed by atoms with Crippen LogP contribution in [-0.2, 0) is 21.9 Å². The molecule has 44 heavy (non-hydrogen) atoms. The van der Waals surface area contributed by atoms with Gasteiger partial charge in [0.05, 0.1) is 35.7 Å². The van der Waals surface area contributed by atoms with Gasteiger partial charge in [0, 0.05) is 33.2 Å². The molecule has 0 spiro atoms. The Kier molecular flexibility index (Phi) is 7.96. The van der Waals surface area contributed by atoms with E-state index < -0.39 is 52.8 Å². The van der Waals surface area contributed by atoms with Gasteiger partial charge in [-0.05, 0) is 85.5 Å². The number of rotatable bonds is 6. The molecule has 4 aliphatic rings. The minimum atomic E-state index is -5.02. The first-order chi connectivity index (χ1) is 20.4. The summed E-state index contributed by atoms with van der Waals surface area (Å²) in [6.07, 6.45) is -7.86. The third-order valence-corrected chi connectivity index (χ3v) is 9.59. The van der Waals surface area contributed by atoms with Crippen molar-refractivity contribution in [2.45, 2.75) is 57.5 Å². The van der Waals surface area contributed by atoms with E-state index in [4.69, 9.17) is 4.74 Å². The third kappa shape index (κ3) is 5.75. The first-order valence-corrected chi connectivity index (χ1v) is 14.3. The summed E-state index contributed by atoms with van der Waals surface area (Å²) in [6, 6.07) is 3.30. The summed E-state index contributed by atoms with van der Waals surface area (Å²) in [6.45, 7) is 4.87. The molecule has 0 aromatic heterocycles. The van der Waals surface area contributed by atoms with Crippen molar-refractivity contribution in [2.75, 3.05) is 40.3 Å². The predicted octanol–water partition coefficient (Wildman–Crippen LogP) is 6.99. The lowest BCUT2D eigenvalue weighted by atomic mass is 9.35. The number of halogens is 7. The number of nitrogens with zero attached hydrogens (tertiary/aromatic N) is 3. The molecule has 3 aliphatic carbocycles. The van der Waals surface area contributed by atoms with Crippen LogP contribution in [0, 0.1) is 23.6 Å². The van der Waals surface area contributed by atoms with Gasteiger partial charge in [0.2, 0.25) is 0 Å². The zero-order chi connectivity index (χ0) is 32.4. The maximum atomic E-state index is 14.0. The van der Waals surface area contributed by atoms with Crippen LogP contribution in [0.25, 0.3) is 0 Å². The van der Waals surface area contributed by atoms with Crippen molar-refractivity contribution in [2.24, 2.45) is 10.8 Å². The summed E-state index contributed by atoms with van der Waals surface area (Å²) in [5.74, 6) is -0.649. The second-order valence-corrected chi connectivity index (χ2v) is 12.7. The van der Waals surface area contributed by atoms with E-state index in [-0.39, 0.29) is 29.6 Å². The average Bonchev–Trinajstić information content (AvgIpc) is 2.91. The number of amides is 2. The van der Waals surface area contributed by atoms with Gasteiger partial charge in [-0.1, -0.05) is 6.07 Å². The summed E-state index contributed by atoms with van der Waals surface area (Å²) in [7, 11) is 2.72. The van der Waals surface area contributed by atoms with E-state index in [2.05, 4.69) is 4.90 Å². The molecule has 1 aliphatic heterocycles. The number of ether oxygens (including phenoxy) is 1. The Labute approximate surface area is 250 Å². The number of aryl methyl sites for hydroxylation is 1. The normalized spacial score (nSPS) is 26.0. The van der Waals surface area contributed by atoms with Crippen LogP contribution in [0.5, 0.6) is 0 Å². The van der Waals surface area contributed by atoms with Crippen molar-refractivity contribution in [1.29, 1.82) is 0 Å². The molecule has 0 radical (unpaired) electrons. The molecule has 4 fully saturated rings. The number of hydrogen-bond acceptors (Lipinski definition) is 4. The predicted molar refractivity (Wildman–Crippen MR) is 146 cm³/mol. The summed E-state index contributed by atoms with van der Waals surface area (Å²) >= 11 is 0. The maximum absolute atomic E-state index is 14.0. The number of benzene rings is 2. The lowest BCUT2D eigenvalue weighted by Crippen LogP contribution is -2.69. The number of alkyl halides is 6. The van der Waals surface area contributed by atoms with E-state index >= 15 is 0 Å². The molecule has 2 bridgehead atoms. The highest BCUT2D eigenvalue weighted by Crippen LogP contribution is 2.73. The fourth-order valence-electron chi connectivity index (χ4n) is 7.38. The summed E-state index contributed by atoms with van der Waals surface area (Å²) in [4.78, 5) is 30.9. The first kappa shape index (κ1) is 32.1. The number of urea groups is 1. The lowest BCUT2D eigenvalue weighted by molar-refractivity contribution is -0.231. The van der Waals surface area contributed by atoms with Crippen LogP contribution in [0.3, 0.4) is 0 Å². The molecule has 13 heteroatoms. The van der Waals surface area contributed by atoms with Crippen molar-refractivity contribution in [3.05, 3.63) is 70.0 Å². The summed E-state index contributed by atoms with van der Waals surface area (Å²) in [5.41, 5.74) is -2.35. The first-order valence-electron chi connectivity index (χ1n) is 14.3. The highest BCUT2D eigenvalue weighted by Gasteiger charge is 2.72. The third-order valence-electron chi connectivity index (χ3n) is 9.59. The molecule has 2 atom stereocenters. The number of esters is 1. The Balaban J connectivity index is 1.39. The molecule has 6 rings (SSSR count). The zero-order valence-electron chi connectivity index (χ0n) is 24.8. The van der Waals surface area contributed by atoms with Crippen LogP contribution < -0.4 is 0 Å². The summed E-state index contributed by atoms with van der Waals surface area (Å²) < 4.78 is 100. The van der Waals surface area contributed by atoms with Gasteiger partial charge in [0.1, 0.15) is 5.82 Å². The van der Waals surface area contributed by atoms with Crippen molar-refractivity contribution >= 4 is 12.0 Å². The number of carbonyl (C=O) groups is 2. The average molecular weight is 630 g/mol. The fraction of sp³-hybridized carbons (Fsp3) is 0.548. The standard InChI is InChI=1S/C31H34F7N3O3/c1-18-9-23(32)5-6-24(18)25-13-40(17-28-14-29(15-28,16-28)26(42)44-4)7-8-41(25)27(43)39(3)19(2)20-10-21(30(33,34)35)12-22(11-20)31(36,37)38/h5-6,9-12,19,25H,7-8,13-17H2,1-4H3/t19?,25-,28?,29?/m1/s1. The number of piperazine rings is 1. The highest BCUT2D eigenvalue weighted by atomic mass is 19.4. The molecule has 2 aromatic carbocycles. The Bertz CT molecular complexity index is 1410. The van der Waals surface area contributed by atoms with Crippen molar-refractivity contribution < 1.29 is 45.1 Å². The van der Waals surface area contributed by atoms with Gasteiger partial charge in [-0.3, -0.25) is 9.69 Å². The van der Waals surface area contributed by atoms with Crippen LogP contribution in [0.1, 0.15) is 66.1 Å². The molecular formula is C31H34F7N3O3. The van der Waals surface area contributed by atoms with Crippen LogP contribution in [-0.4, -0.2) is 67.0 Å². The molecule has 240 valence electrons. The number of carbonyl (C=O) groups excluding carboxylic acids is 2. The second kappa shape index (κ2) is 10.9. The van der Waals surface area contributed by atoms with Gasteiger partial charge < -0.3 is 14.5 Å². The molecule has 3 saturated carbocycles. The van der Waals surface area contributed by atoms with E-state index in [9.17, 15) is 40.3 Å². The van der Waals surface area contributed by atoms with Crippen molar-refractivity contribution in [3.63, 3.8) is 0 Å². The van der Waals surface area contributed by atoms with E-state index in [1.165, 1.54) is 33.2 Å². The number of hydrogen-bond donors (Lipinski definition) is 0. The van der Waals surface area contributed by atoms with Crippen LogP contribution in [0.2, 0.25) is 0 Å². The van der Waals surface area contributed by atoms with Crippen LogP contribution in [0.4, 0.5) is 35.5 Å². The van der Waals surface area contributed by atoms with E-state index in [0.29, 0.717) is 42.9 Å². The molecule has 6 nitrogen and oxygen atoms in total. The highest BCUT2D eigenvalue weighted by molar-refractivity contribution is 5.81. The van der Waals surface area contributed by atoms with Crippen LogP contribution >= 0.6 is 0 Å². The zero-order valence-corrected chi connectivity index (χ0v) is 24.8.